The third kappa shape index (κ3) is 10.9. The number of rotatable bonds is 9. The molecule has 14 heteroatoms. The molecule has 0 aliphatic heterocycles. The molecule has 0 radical (unpaired) electrons. The van der Waals surface area contributed by atoms with Gasteiger partial charge in [0, 0.05) is 73.8 Å². The van der Waals surface area contributed by atoms with Crippen molar-refractivity contribution in [1.29, 1.82) is 0 Å². The number of methoxy groups -OCH3 is 2. The molecule has 2 atom stereocenters. The van der Waals surface area contributed by atoms with E-state index in [9.17, 15) is 0 Å². The fourth-order valence-electron chi connectivity index (χ4n) is 4.41. The predicted molar refractivity (Wildman–Crippen MR) is 174 cm³/mol. The molecule has 0 saturated heterocycles. The third-order valence-electron chi connectivity index (χ3n) is 6.86. The van der Waals surface area contributed by atoms with E-state index in [0.717, 1.165) is 47.1 Å². The molecule has 6 rings (SSSR count). The Bertz CT molecular complexity index is 1590. The van der Waals surface area contributed by atoms with E-state index in [1.807, 2.05) is 75.8 Å². The Morgan fingerprint density at radius 2 is 1.24 bits per heavy atom. The van der Waals surface area contributed by atoms with Crippen LogP contribution in [0.5, 0.6) is 11.5 Å². The van der Waals surface area contributed by atoms with Crippen LogP contribution in [0.4, 0.5) is 0 Å². The van der Waals surface area contributed by atoms with Gasteiger partial charge < -0.3 is 18.6 Å². The summed E-state index contributed by atoms with van der Waals surface area (Å²) in [5, 5.41) is 8.32. The number of halogens is 1. The predicted octanol–water partition coefficient (Wildman–Crippen LogP) is 6.54. The molecule has 2 unspecified atom stereocenters. The second kappa shape index (κ2) is 19.2. The van der Waals surface area contributed by atoms with E-state index in [1.54, 1.807) is 60.5 Å². The fourth-order valence-corrected chi connectivity index (χ4v) is 4.41. The molecule has 0 N–H and O–H groups in total. The van der Waals surface area contributed by atoms with E-state index in [-0.39, 0.29) is 0 Å². The number of hydrogen-bond acceptors (Lipinski definition) is 8. The second-order valence-electron chi connectivity index (χ2n) is 10.2. The average Bonchev–Trinajstić information content (AvgIpc) is 3.94. The Kier molecular flexibility index (Phi) is 15.1. The average molecular weight is 822 g/mol. The van der Waals surface area contributed by atoms with Crippen LogP contribution >= 0.6 is 9.64 Å². The number of pyridine rings is 2. The zero-order valence-corrected chi connectivity index (χ0v) is 30.1. The van der Waals surface area contributed by atoms with Gasteiger partial charge >= 0.3 is 27.2 Å². The zero-order chi connectivity index (χ0) is 33.3. The normalized spacial score (nSPS) is 11.5. The van der Waals surface area contributed by atoms with E-state index in [0.29, 0.717) is 12.1 Å². The molecule has 245 valence electrons. The number of imidazole rings is 2. The maximum atomic E-state index is 5.10. The molecular weight excluding hydrogens is 782 g/mol. The number of ether oxygens (including phenoxy) is 2. The summed E-state index contributed by atoms with van der Waals surface area (Å²) >= 11 is 1.33. The van der Waals surface area contributed by atoms with Gasteiger partial charge in [0.15, 0.2) is 11.6 Å². The van der Waals surface area contributed by atoms with Gasteiger partial charge in [0.2, 0.25) is 0 Å². The van der Waals surface area contributed by atoms with Crippen LogP contribution in [0.25, 0.3) is 11.6 Å². The van der Waals surface area contributed by atoms with E-state index >= 15 is 0 Å². The summed E-state index contributed by atoms with van der Waals surface area (Å²) in [6.07, 6.45) is 24.5. The van der Waals surface area contributed by atoms with Gasteiger partial charge in [-0.15, -0.1) is 0 Å². The first-order valence-electron chi connectivity index (χ1n) is 14.5. The van der Waals surface area contributed by atoms with Crippen molar-refractivity contribution in [2.24, 2.45) is 0 Å². The summed E-state index contributed by atoms with van der Waals surface area (Å²) in [6.45, 7) is 8.42. The summed E-state index contributed by atoms with van der Waals surface area (Å²) < 4.78 is 18.0. The Morgan fingerprint density at radius 1 is 0.761 bits per heavy atom. The number of nitrogens with zero attached hydrogens (tertiary/aromatic N) is 10. The van der Waals surface area contributed by atoms with Crippen LogP contribution in [0.3, 0.4) is 0 Å². The molecule has 0 aliphatic carbocycles. The molecule has 0 saturated carbocycles. The van der Waals surface area contributed by atoms with Crippen LogP contribution in [0.15, 0.2) is 98.9 Å². The van der Waals surface area contributed by atoms with Gasteiger partial charge in [0.05, 0.1) is 39.3 Å². The molecule has 6 aromatic heterocycles. The zero-order valence-electron chi connectivity index (χ0n) is 26.8. The van der Waals surface area contributed by atoms with Crippen molar-refractivity contribution < 1.29 is 27.1 Å². The van der Waals surface area contributed by atoms with Gasteiger partial charge in [-0.1, -0.05) is 6.92 Å². The second-order valence-corrected chi connectivity index (χ2v) is 10.2. The number of aryl methyl sites for hydroxylation is 2. The number of hydrogen-bond donors (Lipinski definition) is 0. The summed E-state index contributed by atoms with van der Waals surface area (Å²) in [5.74, 6) is 3.08. The van der Waals surface area contributed by atoms with Crippen LogP contribution in [0.1, 0.15) is 49.9 Å². The van der Waals surface area contributed by atoms with Crippen LogP contribution in [0, 0.1) is 13.8 Å². The van der Waals surface area contributed by atoms with Gasteiger partial charge in [-0.3, -0.25) is 0 Å². The first kappa shape index (κ1) is 36.1. The quantitative estimate of drug-likeness (QED) is 0.162. The van der Waals surface area contributed by atoms with Crippen molar-refractivity contribution in [3.8, 4) is 23.1 Å². The SMILES string of the molecule is CCC(CC(C)n1ccnc1)n1ccnc1.COc1ccnc(-n2cc(C)cn2)c1.COc1ccnc(-n2cc(C)cn2)c1.[Cl][Os]. The van der Waals surface area contributed by atoms with Gasteiger partial charge in [-0.25, -0.2) is 29.3 Å². The molecule has 0 fully saturated rings. The van der Waals surface area contributed by atoms with E-state index in [4.69, 9.17) is 9.47 Å². The third-order valence-corrected chi connectivity index (χ3v) is 6.86. The molecule has 46 heavy (non-hydrogen) atoms. The van der Waals surface area contributed by atoms with Gasteiger partial charge in [-0.2, -0.15) is 10.2 Å². The Labute approximate surface area is 284 Å². The van der Waals surface area contributed by atoms with Crippen molar-refractivity contribution >= 4 is 9.64 Å². The Morgan fingerprint density at radius 3 is 1.61 bits per heavy atom. The minimum absolute atomic E-state index is 0.467. The molecule has 6 heterocycles. The van der Waals surface area contributed by atoms with Crippen LogP contribution in [-0.2, 0) is 17.6 Å². The van der Waals surface area contributed by atoms with Crippen molar-refractivity contribution in [2.45, 2.75) is 52.6 Å². The number of aromatic nitrogens is 10. The van der Waals surface area contributed by atoms with E-state index in [1.165, 1.54) is 17.6 Å². The molecule has 0 amide bonds. The van der Waals surface area contributed by atoms with Gasteiger partial charge in [-0.05, 0) is 56.9 Å². The van der Waals surface area contributed by atoms with Crippen LogP contribution in [-0.4, -0.2) is 62.9 Å². The Balaban J connectivity index is 0.000000183. The fraction of sp³-hybridized carbons (Fsp3) is 0.312. The molecule has 0 spiro atoms. The topological polar surface area (TPSA) is 116 Å². The minimum atomic E-state index is 0.467. The standard InChI is InChI=1S/C12H18N4.2C10H11N3O.ClH.Os/c1-3-12(16-7-5-14-10-16)8-11(2)15-6-4-13-9-15;2*1-8-6-12-13(7-8)10-5-9(14-2)3-4-11-10;;/h4-7,9-12H,3,8H2,1-2H3;2*3-7H,1-2H3;1H;/q;;;;+1/p-1. The van der Waals surface area contributed by atoms with Crippen molar-refractivity contribution in [3.05, 3.63) is 110 Å². The monoisotopic (exact) mass is 823 g/mol. The van der Waals surface area contributed by atoms with Crippen LogP contribution < -0.4 is 9.47 Å². The molecule has 0 bridgehead atoms. The molecule has 6 aromatic rings. The van der Waals surface area contributed by atoms with Crippen molar-refractivity contribution in [1.82, 2.24) is 48.6 Å². The molecule has 12 nitrogen and oxygen atoms in total. The first-order valence-corrected chi connectivity index (χ1v) is 17.7. The van der Waals surface area contributed by atoms with Crippen LogP contribution in [0.2, 0.25) is 0 Å². The maximum absolute atomic E-state index is 5.10. The van der Waals surface area contributed by atoms with E-state index in [2.05, 4.69) is 62.8 Å². The first-order chi connectivity index (χ1) is 22.4. The van der Waals surface area contributed by atoms with E-state index < -0.39 is 0 Å². The Hall–Kier alpha value is -4.33. The summed E-state index contributed by atoms with van der Waals surface area (Å²) in [5.41, 5.74) is 2.21. The van der Waals surface area contributed by atoms with Gasteiger partial charge in [0.25, 0.3) is 0 Å². The molecule has 0 aromatic carbocycles. The van der Waals surface area contributed by atoms with Crippen molar-refractivity contribution in [2.75, 3.05) is 14.2 Å². The molecular formula is C32H40ClN10O2Os. The molecule has 0 aliphatic rings. The van der Waals surface area contributed by atoms with Crippen molar-refractivity contribution in [3.63, 3.8) is 0 Å². The van der Waals surface area contributed by atoms with Gasteiger partial charge in [0.1, 0.15) is 11.5 Å². The summed E-state index contributed by atoms with van der Waals surface area (Å²) in [6, 6.07) is 8.27. The summed E-state index contributed by atoms with van der Waals surface area (Å²) in [4.78, 5) is 16.6. The summed E-state index contributed by atoms with van der Waals surface area (Å²) in [7, 11) is 7.93.